The minimum absolute atomic E-state index is 0.0403. The van der Waals surface area contributed by atoms with Crippen molar-refractivity contribution in [2.24, 2.45) is 0 Å². The maximum absolute atomic E-state index is 10.7. The molecule has 1 heterocycles. The average Bonchev–Trinajstić information content (AvgIpc) is 2.55. The molecule has 0 radical (unpaired) electrons. The Bertz CT molecular complexity index is 631. The molecular formula is C16H20N4O3. The molecule has 0 aliphatic carbocycles. The number of hydrogen-bond acceptors (Lipinski definition) is 6. The van der Waals surface area contributed by atoms with Gasteiger partial charge in [-0.3, -0.25) is 9.78 Å². The van der Waals surface area contributed by atoms with Crippen LogP contribution in [0.15, 0.2) is 36.7 Å². The van der Waals surface area contributed by atoms with E-state index in [1.54, 1.807) is 31.6 Å². The summed E-state index contributed by atoms with van der Waals surface area (Å²) in [5.74, 6) is 1.81. The fourth-order valence-electron chi connectivity index (χ4n) is 1.83. The summed E-state index contributed by atoms with van der Waals surface area (Å²) in [5.41, 5.74) is 0.763. The first-order chi connectivity index (χ1) is 11.2. The van der Waals surface area contributed by atoms with Crippen molar-refractivity contribution in [2.45, 2.75) is 13.5 Å². The van der Waals surface area contributed by atoms with Gasteiger partial charge in [0.15, 0.2) is 0 Å². The highest BCUT2D eigenvalue weighted by molar-refractivity contribution is 5.72. The first-order valence-corrected chi connectivity index (χ1v) is 7.25. The van der Waals surface area contributed by atoms with E-state index < -0.39 is 0 Å². The van der Waals surface area contributed by atoms with Gasteiger partial charge in [-0.2, -0.15) is 0 Å². The Morgan fingerprint density at radius 1 is 1.13 bits per heavy atom. The van der Waals surface area contributed by atoms with Crippen molar-refractivity contribution >= 4 is 5.91 Å². The van der Waals surface area contributed by atoms with Gasteiger partial charge in [0, 0.05) is 32.8 Å². The van der Waals surface area contributed by atoms with Crippen molar-refractivity contribution in [3.63, 3.8) is 0 Å². The summed E-state index contributed by atoms with van der Waals surface area (Å²) in [4.78, 5) is 19.2. The van der Waals surface area contributed by atoms with Crippen molar-refractivity contribution in [2.75, 3.05) is 20.2 Å². The van der Waals surface area contributed by atoms with E-state index in [4.69, 9.17) is 9.47 Å². The zero-order chi connectivity index (χ0) is 16.5. The molecule has 23 heavy (non-hydrogen) atoms. The van der Waals surface area contributed by atoms with Crippen LogP contribution in [0.1, 0.15) is 12.6 Å². The van der Waals surface area contributed by atoms with E-state index in [0.717, 1.165) is 11.4 Å². The Morgan fingerprint density at radius 3 is 2.57 bits per heavy atom. The molecule has 0 spiro atoms. The molecule has 0 unspecified atom stereocenters. The number of hydrogen-bond donors (Lipinski definition) is 2. The van der Waals surface area contributed by atoms with Crippen LogP contribution in [-0.4, -0.2) is 36.1 Å². The number of nitrogens with one attached hydrogen (secondary N) is 2. The molecule has 0 saturated heterocycles. The third kappa shape index (κ3) is 5.91. The summed E-state index contributed by atoms with van der Waals surface area (Å²) in [6.07, 6.45) is 3.23. The molecule has 7 nitrogen and oxygen atoms in total. The van der Waals surface area contributed by atoms with Gasteiger partial charge in [0.2, 0.25) is 11.8 Å². The van der Waals surface area contributed by atoms with Crippen molar-refractivity contribution < 1.29 is 14.3 Å². The number of carbonyl (C=O) groups is 1. The molecule has 1 amide bonds. The Hall–Kier alpha value is -2.67. The molecule has 2 aromatic rings. The van der Waals surface area contributed by atoms with E-state index in [1.165, 1.54) is 6.92 Å². The molecule has 0 aliphatic rings. The van der Waals surface area contributed by atoms with Gasteiger partial charge in [-0.15, -0.1) is 0 Å². The summed E-state index contributed by atoms with van der Waals surface area (Å²) in [7, 11) is 1.61. The largest absolute Gasteiger partial charge is 0.497 e. The van der Waals surface area contributed by atoms with Crippen molar-refractivity contribution in [1.29, 1.82) is 0 Å². The van der Waals surface area contributed by atoms with Crippen LogP contribution in [0.25, 0.3) is 0 Å². The zero-order valence-electron chi connectivity index (χ0n) is 13.2. The van der Waals surface area contributed by atoms with E-state index in [2.05, 4.69) is 20.6 Å². The van der Waals surface area contributed by atoms with Crippen LogP contribution in [0.4, 0.5) is 0 Å². The van der Waals surface area contributed by atoms with Gasteiger partial charge in [-0.05, 0) is 24.3 Å². The highest BCUT2D eigenvalue weighted by Gasteiger charge is 2.02. The van der Waals surface area contributed by atoms with Crippen LogP contribution in [0.2, 0.25) is 0 Å². The second-order valence-corrected chi connectivity index (χ2v) is 4.79. The molecule has 0 bridgehead atoms. The molecule has 0 atom stereocenters. The van der Waals surface area contributed by atoms with Gasteiger partial charge in [0.25, 0.3) is 0 Å². The Kier molecular flexibility index (Phi) is 6.31. The third-order valence-corrected chi connectivity index (χ3v) is 2.93. The molecule has 122 valence electrons. The van der Waals surface area contributed by atoms with Gasteiger partial charge in [0.05, 0.1) is 19.0 Å². The minimum atomic E-state index is -0.0403. The van der Waals surface area contributed by atoms with E-state index in [9.17, 15) is 4.79 Å². The lowest BCUT2D eigenvalue weighted by Crippen LogP contribution is -2.30. The molecule has 1 aromatic carbocycles. The lowest BCUT2D eigenvalue weighted by Gasteiger charge is -2.08. The number of rotatable bonds is 8. The Morgan fingerprint density at radius 2 is 1.87 bits per heavy atom. The Balaban J connectivity index is 1.85. The summed E-state index contributed by atoms with van der Waals surface area (Å²) < 4.78 is 10.8. The Labute approximate surface area is 135 Å². The standard InChI is InChI=1S/C16H20N4O3/c1-12(21)19-8-7-17-9-13-10-18-11-16(20-13)23-15-5-3-14(22-2)4-6-15/h3-6,10-11,17H,7-9H2,1-2H3,(H,19,21). The molecule has 0 fully saturated rings. The second-order valence-electron chi connectivity index (χ2n) is 4.79. The highest BCUT2D eigenvalue weighted by Crippen LogP contribution is 2.21. The van der Waals surface area contributed by atoms with Crippen molar-refractivity contribution in [3.05, 3.63) is 42.4 Å². The first kappa shape index (κ1) is 16.7. The summed E-state index contributed by atoms with van der Waals surface area (Å²) in [6, 6.07) is 7.24. The van der Waals surface area contributed by atoms with E-state index >= 15 is 0 Å². The predicted molar refractivity (Wildman–Crippen MR) is 85.5 cm³/mol. The first-order valence-electron chi connectivity index (χ1n) is 7.25. The minimum Gasteiger partial charge on any atom is -0.497 e. The van der Waals surface area contributed by atoms with Crippen LogP contribution >= 0.6 is 0 Å². The quantitative estimate of drug-likeness (QED) is 0.718. The smallest absolute Gasteiger partial charge is 0.238 e. The number of amides is 1. The molecule has 0 aliphatic heterocycles. The van der Waals surface area contributed by atoms with Crippen LogP contribution in [-0.2, 0) is 11.3 Å². The number of methoxy groups -OCH3 is 1. The summed E-state index contributed by atoms with van der Waals surface area (Å²) in [5, 5.41) is 5.89. The third-order valence-electron chi connectivity index (χ3n) is 2.93. The monoisotopic (exact) mass is 316 g/mol. The number of ether oxygens (including phenoxy) is 2. The van der Waals surface area contributed by atoms with Crippen molar-refractivity contribution in [1.82, 2.24) is 20.6 Å². The summed E-state index contributed by atoms with van der Waals surface area (Å²) in [6.45, 7) is 3.27. The van der Waals surface area contributed by atoms with Gasteiger partial charge in [-0.25, -0.2) is 4.98 Å². The van der Waals surface area contributed by atoms with Crippen LogP contribution in [0.3, 0.4) is 0 Å². The molecule has 1 aromatic heterocycles. The van der Waals surface area contributed by atoms with Gasteiger partial charge < -0.3 is 20.1 Å². The van der Waals surface area contributed by atoms with E-state index in [0.29, 0.717) is 31.3 Å². The van der Waals surface area contributed by atoms with Crippen molar-refractivity contribution in [3.8, 4) is 17.4 Å². The van der Waals surface area contributed by atoms with Crippen LogP contribution in [0.5, 0.6) is 17.4 Å². The lowest BCUT2D eigenvalue weighted by atomic mass is 10.3. The lowest BCUT2D eigenvalue weighted by molar-refractivity contribution is -0.118. The molecule has 2 rings (SSSR count). The van der Waals surface area contributed by atoms with Gasteiger partial charge in [-0.1, -0.05) is 0 Å². The van der Waals surface area contributed by atoms with Crippen LogP contribution in [0, 0.1) is 0 Å². The van der Waals surface area contributed by atoms with E-state index in [-0.39, 0.29) is 5.91 Å². The van der Waals surface area contributed by atoms with E-state index in [1.807, 2.05) is 12.1 Å². The fourth-order valence-corrected chi connectivity index (χ4v) is 1.83. The predicted octanol–water partition coefficient (Wildman–Crippen LogP) is 1.50. The molecule has 2 N–H and O–H groups in total. The number of aromatic nitrogens is 2. The zero-order valence-corrected chi connectivity index (χ0v) is 13.2. The average molecular weight is 316 g/mol. The number of nitrogens with zero attached hydrogens (tertiary/aromatic N) is 2. The number of carbonyl (C=O) groups excluding carboxylic acids is 1. The van der Waals surface area contributed by atoms with Gasteiger partial charge in [0.1, 0.15) is 11.5 Å². The number of benzene rings is 1. The fraction of sp³-hybridized carbons (Fsp3) is 0.312. The molecule has 0 saturated carbocycles. The highest BCUT2D eigenvalue weighted by atomic mass is 16.5. The van der Waals surface area contributed by atoms with Crippen LogP contribution < -0.4 is 20.1 Å². The normalized spacial score (nSPS) is 10.2. The van der Waals surface area contributed by atoms with Gasteiger partial charge >= 0.3 is 0 Å². The second kappa shape index (κ2) is 8.70. The SMILES string of the molecule is COc1ccc(Oc2cncc(CNCCNC(C)=O)n2)cc1. The maximum atomic E-state index is 10.7. The maximum Gasteiger partial charge on any atom is 0.238 e. The molecular weight excluding hydrogens is 296 g/mol. The topological polar surface area (TPSA) is 85.4 Å². The summed E-state index contributed by atoms with van der Waals surface area (Å²) >= 11 is 0. The molecule has 7 heteroatoms.